The SMILES string of the molecule is CCOC(=O)CC(=O)N(C/C(=C\c1ccc(Br)cc1)C(=O)OC)C(C(=O)OC)C(C)CC. The summed E-state index contributed by atoms with van der Waals surface area (Å²) in [6.45, 7) is 5.17. The smallest absolute Gasteiger partial charge is 0.335 e. The summed E-state index contributed by atoms with van der Waals surface area (Å²) in [4.78, 5) is 51.4. The van der Waals surface area contributed by atoms with E-state index in [1.807, 2.05) is 6.92 Å². The number of methoxy groups -OCH3 is 2. The van der Waals surface area contributed by atoms with Gasteiger partial charge < -0.3 is 19.1 Å². The third-order valence-corrected chi connectivity index (χ3v) is 5.41. The molecule has 8 nitrogen and oxygen atoms in total. The van der Waals surface area contributed by atoms with Gasteiger partial charge >= 0.3 is 17.9 Å². The molecular weight excluding hydrogens is 482 g/mol. The summed E-state index contributed by atoms with van der Waals surface area (Å²) in [5.41, 5.74) is 0.841. The molecule has 0 bridgehead atoms. The minimum atomic E-state index is -0.995. The number of benzene rings is 1. The highest BCUT2D eigenvalue weighted by molar-refractivity contribution is 9.10. The molecule has 0 saturated carbocycles. The second kappa shape index (κ2) is 13.7. The summed E-state index contributed by atoms with van der Waals surface area (Å²) in [6.07, 6.45) is 1.57. The Morgan fingerprint density at radius 2 is 1.69 bits per heavy atom. The highest BCUT2D eigenvalue weighted by atomic mass is 79.9. The second-order valence-corrected chi connectivity index (χ2v) is 7.99. The predicted molar refractivity (Wildman–Crippen MR) is 122 cm³/mol. The van der Waals surface area contributed by atoms with Gasteiger partial charge in [-0.25, -0.2) is 9.59 Å². The lowest BCUT2D eigenvalue weighted by Crippen LogP contribution is -2.51. The number of hydrogen-bond donors (Lipinski definition) is 0. The van der Waals surface area contributed by atoms with Crippen LogP contribution in [0.5, 0.6) is 0 Å². The molecule has 1 aromatic rings. The average Bonchev–Trinajstić information content (AvgIpc) is 2.78. The van der Waals surface area contributed by atoms with Crippen LogP contribution in [0.4, 0.5) is 0 Å². The number of carbonyl (C=O) groups is 4. The van der Waals surface area contributed by atoms with Crippen LogP contribution >= 0.6 is 15.9 Å². The largest absolute Gasteiger partial charge is 0.467 e. The summed E-state index contributed by atoms with van der Waals surface area (Å²) in [5, 5.41) is 0. The minimum absolute atomic E-state index is 0.120. The van der Waals surface area contributed by atoms with Gasteiger partial charge in [0.05, 0.1) is 32.9 Å². The summed E-state index contributed by atoms with van der Waals surface area (Å²) in [6, 6.07) is 6.18. The molecule has 0 aromatic heterocycles. The molecule has 176 valence electrons. The zero-order chi connectivity index (χ0) is 24.3. The molecule has 0 radical (unpaired) electrons. The molecule has 32 heavy (non-hydrogen) atoms. The summed E-state index contributed by atoms with van der Waals surface area (Å²) >= 11 is 3.36. The van der Waals surface area contributed by atoms with Gasteiger partial charge in [-0.1, -0.05) is 48.3 Å². The van der Waals surface area contributed by atoms with Crippen LogP contribution in [0, 0.1) is 5.92 Å². The summed E-state index contributed by atoms with van der Waals surface area (Å²) in [7, 11) is 2.46. The molecule has 9 heteroatoms. The topological polar surface area (TPSA) is 99.2 Å². The monoisotopic (exact) mass is 511 g/mol. The molecule has 0 fully saturated rings. The van der Waals surface area contributed by atoms with Gasteiger partial charge in [0, 0.05) is 4.47 Å². The van der Waals surface area contributed by atoms with E-state index in [0.717, 1.165) is 4.47 Å². The number of ether oxygens (including phenoxy) is 3. The third kappa shape index (κ3) is 8.11. The molecular formula is C23H30BrNO7. The van der Waals surface area contributed by atoms with Gasteiger partial charge in [0.2, 0.25) is 5.91 Å². The maximum absolute atomic E-state index is 13.1. The molecule has 2 unspecified atom stereocenters. The number of nitrogens with zero attached hydrogens (tertiary/aromatic N) is 1. The maximum Gasteiger partial charge on any atom is 0.335 e. The molecule has 0 aliphatic rings. The molecule has 1 amide bonds. The van der Waals surface area contributed by atoms with Crippen molar-refractivity contribution < 1.29 is 33.4 Å². The standard InChI is InChI=1S/C23H30BrNO7/c1-6-15(3)21(23(29)31-5)25(19(26)13-20(27)32-7-2)14-17(22(28)30-4)12-16-8-10-18(24)11-9-16/h8-12,15,21H,6-7,13-14H2,1-5H3/b17-12+. The second-order valence-electron chi connectivity index (χ2n) is 7.07. The highest BCUT2D eigenvalue weighted by Gasteiger charge is 2.36. The van der Waals surface area contributed by atoms with E-state index >= 15 is 0 Å². The van der Waals surface area contributed by atoms with Gasteiger partial charge in [-0.3, -0.25) is 9.59 Å². The van der Waals surface area contributed by atoms with Crippen LogP contribution in [-0.4, -0.2) is 62.1 Å². The van der Waals surface area contributed by atoms with E-state index < -0.39 is 36.3 Å². The molecule has 1 rings (SSSR count). The molecule has 0 saturated heterocycles. The first-order valence-corrected chi connectivity index (χ1v) is 11.0. The Balaban J connectivity index is 3.44. The molecule has 0 heterocycles. The first kappa shape index (κ1) is 27.4. The molecule has 0 N–H and O–H groups in total. The average molecular weight is 512 g/mol. The van der Waals surface area contributed by atoms with Crippen molar-refractivity contribution in [3.05, 3.63) is 39.9 Å². The first-order valence-electron chi connectivity index (χ1n) is 10.3. The van der Waals surface area contributed by atoms with Crippen molar-refractivity contribution >= 4 is 45.8 Å². The lowest BCUT2D eigenvalue weighted by atomic mass is 9.96. The fourth-order valence-corrected chi connectivity index (χ4v) is 3.30. The van der Waals surface area contributed by atoms with Gasteiger partial charge in [0.25, 0.3) is 0 Å². The molecule has 0 aliphatic heterocycles. The van der Waals surface area contributed by atoms with E-state index in [4.69, 9.17) is 14.2 Å². The van der Waals surface area contributed by atoms with Gasteiger partial charge in [-0.05, 0) is 36.6 Å². The highest BCUT2D eigenvalue weighted by Crippen LogP contribution is 2.21. The van der Waals surface area contributed by atoms with E-state index in [2.05, 4.69) is 15.9 Å². The van der Waals surface area contributed by atoms with Crippen molar-refractivity contribution in [2.75, 3.05) is 27.4 Å². The van der Waals surface area contributed by atoms with E-state index in [1.165, 1.54) is 19.1 Å². The van der Waals surface area contributed by atoms with Crippen molar-refractivity contribution in [3.63, 3.8) is 0 Å². The van der Waals surface area contributed by atoms with Gasteiger partial charge in [0.1, 0.15) is 12.5 Å². The lowest BCUT2D eigenvalue weighted by molar-refractivity contribution is -0.158. The minimum Gasteiger partial charge on any atom is -0.467 e. The van der Waals surface area contributed by atoms with E-state index in [-0.39, 0.29) is 24.6 Å². The first-order chi connectivity index (χ1) is 15.2. The van der Waals surface area contributed by atoms with Crippen molar-refractivity contribution in [2.45, 2.75) is 39.7 Å². The maximum atomic E-state index is 13.1. The van der Waals surface area contributed by atoms with E-state index in [1.54, 1.807) is 44.2 Å². The van der Waals surface area contributed by atoms with Crippen LogP contribution in [0.15, 0.2) is 34.3 Å². The lowest BCUT2D eigenvalue weighted by Gasteiger charge is -2.33. The number of hydrogen-bond acceptors (Lipinski definition) is 7. The number of esters is 3. The zero-order valence-electron chi connectivity index (χ0n) is 19.1. The van der Waals surface area contributed by atoms with Gasteiger partial charge in [-0.15, -0.1) is 0 Å². The van der Waals surface area contributed by atoms with E-state index in [9.17, 15) is 19.2 Å². The Morgan fingerprint density at radius 1 is 1.06 bits per heavy atom. The van der Waals surface area contributed by atoms with Crippen LogP contribution < -0.4 is 0 Å². The van der Waals surface area contributed by atoms with Crippen LogP contribution in [0.3, 0.4) is 0 Å². The predicted octanol–water partition coefficient (Wildman–Crippen LogP) is 3.38. The van der Waals surface area contributed by atoms with Crippen LogP contribution in [0.2, 0.25) is 0 Å². The van der Waals surface area contributed by atoms with Crippen LogP contribution in [0.1, 0.15) is 39.2 Å². The normalized spacial score (nSPS) is 13.0. The zero-order valence-corrected chi connectivity index (χ0v) is 20.6. The Labute approximate surface area is 197 Å². The number of amides is 1. The van der Waals surface area contributed by atoms with Gasteiger partial charge in [0.15, 0.2) is 0 Å². The fourth-order valence-electron chi connectivity index (χ4n) is 3.03. The van der Waals surface area contributed by atoms with Crippen molar-refractivity contribution in [1.82, 2.24) is 4.90 Å². The number of halogens is 1. The quantitative estimate of drug-likeness (QED) is 0.194. The Morgan fingerprint density at radius 3 is 2.19 bits per heavy atom. The third-order valence-electron chi connectivity index (χ3n) is 4.88. The van der Waals surface area contributed by atoms with E-state index in [0.29, 0.717) is 12.0 Å². The fraction of sp³-hybridized carbons (Fsp3) is 0.478. The molecule has 2 atom stereocenters. The Hall–Kier alpha value is -2.68. The number of carbonyl (C=O) groups excluding carboxylic acids is 4. The molecule has 0 aliphatic carbocycles. The Kier molecular flexibility index (Phi) is 11.7. The van der Waals surface area contributed by atoms with Crippen molar-refractivity contribution in [3.8, 4) is 0 Å². The van der Waals surface area contributed by atoms with Crippen LogP contribution in [-0.2, 0) is 33.4 Å². The van der Waals surface area contributed by atoms with Crippen molar-refractivity contribution in [2.24, 2.45) is 5.92 Å². The summed E-state index contributed by atoms with van der Waals surface area (Å²) in [5.74, 6) is -2.95. The summed E-state index contributed by atoms with van der Waals surface area (Å²) < 4.78 is 15.6. The number of rotatable bonds is 11. The van der Waals surface area contributed by atoms with Crippen LogP contribution in [0.25, 0.3) is 6.08 Å². The molecule has 1 aromatic carbocycles. The van der Waals surface area contributed by atoms with Gasteiger partial charge in [-0.2, -0.15) is 0 Å². The Bertz CT molecular complexity index is 835. The molecule has 0 spiro atoms. The van der Waals surface area contributed by atoms with Crippen molar-refractivity contribution in [1.29, 1.82) is 0 Å².